The Morgan fingerprint density at radius 1 is 1.24 bits per heavy atom. The van der Waals surface area contributed by atoms with Gasteiger partial charge in [0.05, 0.1) is 5.56 Å². The fraction of sp³-hybridized carbons (Fsp3) is 0.188. The molecule has 2 heterocycles. The molecule has 0 bridgehead atoms. The van der Waals surface area contributed by atoms with E-state index in [-0.39, 0.29) is 18.4 Å². The number of pyridine rings is 1. The Bertz CT molecular complexity index is 712. The minimum absolute atomic E-state index is 0.0431. The van der Waals surface area contributed by atoms with Crippen LogP contribution in [0.2, 0.25) is 0 Å². The van der Waals surface area contributed by atoms with E-state index in [1.165, 1.54) is 11.1 Å². The normalized spacial score (nSPS) is 14.1. The molecule has 0 saturated heterocycles. The van der Waals surface area contributed by atoms with Gasteiger partial charge in [0, 0.05) is 24.6 Å². The van der Waals surface area contributed by atoms with Gasteiger partial charge in [0.2, 0.25) is 5.91 Å². The van der Waals surface area contributed by atoms with Gasteiger partial charge in [-0.2, -0.15) is 0 Å². The molecule has 5 nitrogen and oxygen atoms in total. The van der Waals surface area contributed by atoms with E-state index in [0.717, 1.165) is 16.8 Å². The van der Waals surface area contributed by atoms with Gasteiger partial charge in [-0.15, -0.1) is 0 Å². The van der Waals surface area contributed by atoms with Crippen molar-refractivity contribution in [1.82, 2.24) is 9.88 Å². The van der Waals surface area contributed by atoms with Crippen LogP contribution in [0.5, 0.6) is 0 Å². The molecule has 1 aliphatic heterocycles. The van der Waals surface area contributed by atoms with Crippen molar-refractivity contribution in [2.75, 3.05) is 11.9 Å². The standard InChI is InChI=1S/C16H15N3O2/c1-11-6-13(8-17-7-11)16(21)19-9-12-4-2-3-5-14(12)18-15(20)10-19/h2-8H,9-10H2,1H3,(H,18,20). The van der Waals surface area contributed by atoms with Crippen molar-refractivity contribution >= 4 is 17.5 Å². The largest absolute Gasteiger partial charge is 0.325 e. The first-order chi connectivity index (χ1) is 10.1. The number of para-hydroxylation sites is 1. The molecule has 0 saturated carbocycles. The first-order valence-electron chi connectivity index (χ1n) is 6.72. The molecular weight excluding hydrogens is 266 g/mol. The molecule has 5 heteroatoms. The molecule has 0 radical (unpaired) electrons. The summed E-state index contributed by atoms with van der Waals surface area (Å²) in [7, 11) is 0. The van der Waals surface area contributed by atoms with Gasteiger partial charge in [-0.25, -0.2) is 0 Å². The Balaban J connectivity index is 1.92. The number of carbonyl (C=O) groups excluding carboxylic acids is 2. The van der Waals surface area contributed by atoms with Gasteiger partial charge < -0.3 is 10.2 Å². The molecule has 0 unspecified atom stereocenters. The second-order valence-electron chi connectivity index (χ2n) is 5.12. The van der Waals surface area contributed by atoms with Crippen molar-refractivity contribution in [2.45, 2.75) is 13.5 Å². The first-order valence-corrected chi connectivity index (χ1v) is 6.72. The number of hydrogen-bond acceptors (Lipinski definition) is 3. The van der Waals surface area contributed by atoms with E-state index in [0.29, 0.717) is 12.1 Å². The number of rotatable bonds is 1. The number of nitrogens with zero attached hydrogens (tertiary/aromatic N) is 2. The minimum atomic E-state index is -0.186. The molecule has 0 spiro atoms. The maximum atomic E-state index is 12.6. The first kappa shape index (κ1) is 13.3. The van der Waals surface area contributed by atoms with Gasteiger partial charge in [-0.3, -0.25) is 14.6 Å². The smallest absolute Gasteiger partial charge is 0.256 e. The summed E-state index contributed by atoms with van der Waals surface area (Å²) in [5.74, 6) is -0.369. The van der Waals surface area contributed by atoms with Crippen molar-refractivity contribution in [2.24, 2.45) is 0 Å². The Morgan fingerprint density at radius 2 is 2.05 bits per heavy atom. The number of nitrogens with one attached hydrogen (secondary N) is 1. The minimum Gasteiger partial charge on any atom is -0.325 e. The molecule has 1 aromatic carbocycles. The summed E-state index contributed by atoms with van der Waals surface area (Å²) in [6.07, 6.45) is 3.23. The number of aryl methyl sites for hydroxylation is 1. The molecule has 2 aromatic rings. The molecule has 106 valence electrons. The summed E-state index contributed by atoms with van der Waals surface area (Å²) >= 11 is 0. The van der Waals surface area contributed by atoms with Crippen LogP contribution in [0.4, 0.5) is 5.69 Å². The van der Waals surface area contributed by atoms with Crippen molar-refractivity contribution in [3.8, 4) is 0 Å². The molecule has 1 N–H and O–H groups in total. The highest BCUT2D eigenvalue weighted by molar-refractivity contribution is 6.00. The lowest BCUT2D eigenvalue weighted by molar-refractivity contribution is -0.116. The Kier molecular flexibility index (Phi) is 3.39. The van der Waals surface area contributed by atoms with Crippen LogP contribution in [-0.4, -0.2) is 28.2 Å². The third kappa shape index (κ3) is 2.76. The van der Waals surface area contributed by atoms with Crippen LogP contribution in [-0.2, 0) is 11.3 Å². The molecule has 0 aliphatic carbocycles. The zero-order valence-electron chi connectivity index (χ0n) is 11.7. The predicted molar refractivity (Wildman–Crippen MR) is 78.8 cm³/mol. The van der Waals surface area contributed by atoms with Crippen LogP contribution < -0.4 is 5.32 Å². The highest BCUT2D eigenvalue weighted by atomic mass is 16.2. The Hall–Kier alpha value is -2.69. The second kappa shape index (κ2) is 5.36. The van der Waals surface area contributed by atoms with Crippen LogP contribution in [0, 0.1) is 6.92 Å². The number of fused-ring (bicyclic) bond motifs is 1. The lowest BCUT2D eigenvalue weighted by Gasteiger charge is -2.19. The average Bonchev–Trinajstić information content (AvgIpc) is 2.64. The second-order valence-corrected chi connectivity index (χ2v) is 5.12. The quantitative estimate of drug-likeness (QED) is 0.869. The van der Waals surface area contributed by atoms with E-state index in [1.807, 2.05) is 31.2 Å². The molecule has 3 rings (SSSR count). The predicted octanol–water partition coefficient (Wildman–Crippen LogP) is 1.98. The van der Waals surface area contributed by atoms with Gasteiger partial charge >= 0.3 is 0 Å². The lowest BCUT2D eigenvalue weighted by atomic mass is 10.1. The van der Waals surface area contributed by atoms with E-state index in [1.54, 1.807) is 12.3 Å². The number of aromatic nitrogens is 1. The van der Waals surface area contributed by atoms with Crippen LogP contribution in [0.1, 0.15) is 21.5 Å². The summed E-state index contributed by atoms with van der Waals surface area (Å²) < 4.78 is 0. The monoisotopic (exact) mass is 281 g/mol. The van der Waals surface area contributed by atoms with E-state index >= 15 is 0 Å². The van der Waals surface area contributed by atoms with E-state index in [2.05, 4.69) is 10.3 Å². The van der Waals surface area contributed by atoms with Gasteiger partial charge in [-0.05, 0) is 30.2 Å². The molecule has 2 amide bonds. The van der Waals surface area contributed by atoms with Gasteiger partial charge in [0.15, 0.2) is 0 Å². The van der Waals surface area contributed by atoms with E-state index < -0.39 is 0 Å². The summed E-state index contributed by atoms with van der Waals surface area (Å²) in [6.45, 7) is 2.33. The topological polar surface area (TPSA) is 62.3 Å². The van der Waals surface area contributed by atoms with Crippen LogP contribution in [0.3, 0.4) is 0 Å². The summed E-state index contributed by atoms with van der Waals surface area (Å²) in [6, 6.07) is 9.30. The highest BCUT2D eigenvalue weighted by Gasteiger charge is 2.24. The van der Waals surface area contributed by atoms with Crippen molar-refractivity contribution in [3.63, 3.8) is 0 Å². The fourth-order valence-electron chi connectivity index (χ4n) is 2.40. The molecule has 21 heavy (non-hydrogen) atoms. The lowest BCUT2D eigenvalue weighted by Crippen LogP contribution is -2.35. The summed E-state index contributed by atoms with van der Waals surface area (Å²) in [4.78, 5) is 30.1. The van der Waals surface area contributed by atoms with Crippen molar-refractivity contribution in [3.05, 3.63) is 59.4 Å². The van der Waals surface area contributed by atoms with Crippen LogP contribution in [0.25, 0.3) is 0 Å². The third-order valence-electron chi connectivity index (χ3n) is 3.40. The fourth-order valence-corrected chi connectivity index (χ4v) is 2.40. The molecule has 1 aromatic heterocycles. The zero-order valence-corrected chi connectivity index (χ0v) is 11.7. The van der Waals surface area contributed by atoms with Crippen LogP contribution >= 0.6 is 0 Å². The summed E-state index contributed by atoms with van der Waals surface area (Å²) in [5, 5.41) is 2.82. The number of carbonyl (C=O) groups is 2. The SMILES string of the molecule is Cc1cncc(C(=O)N2CC(=O)Nc3ccccc3C2)c1. The molecule has 0 atom stereocenters. The maximum Gasteiger partial charge on any atom is 0.256 e. The van der Waals surface area contributed by atoms with E-state index in [4.69, 9.17) is 0 Å². The molecule has 0 fully saturated rings. The number of anilines is 1. The van der Waals surface area contributed by atoms with Gasteiger partial charge in [0.25, 0.3) is 5.91 Å². The number of benzene rings is 1. The Labute approximate surface area is 122 Å². The molecule has 1 aliphatic rings. The summed E-state index contributed by atoms with van der Waals surface area (Å²) in [5.41, 5.74) is 3.11. The van der Waals surface area contributed by atoms with E-state index in [9.17, 15) is 9.59 Å². The van der Waals surface area contributed by atoms with Crippen molar-refractivity contribution < 1.29 is 9.59 Å². The van der Waals surface area contributed by atoms with Gasteiger partial charge in [0.1, 0.15) is 6.54 Å². The third-order valence-corrected chi connectivity index (χ3v) is 3.40. The van der Waals surface area contributed by atoms with Gasteiger partial charge in [-0.1, -0.05) is 18.2 Å². The Morgan fingerprint density at radius 3 is 2.86 bits per heavy atom. The number of hydrogen-bond donors (Lipinski definition) is 1. The molecular formula is C16H15N3O2. The van der Waals surface area contributed by atoms with Crippen molar-refractivity contribution in [1.29, 1.82) is 0 Å². The number of amides is 2. The van der Waals surface area contributed by atoms with Crippen LogP contribution in [0.15, 0.2) is 42.7 Å². The maximum absolute atomic E-state index is 12.6. The highest BCUT2D eigenvalue weighted by Crippen LogP contribution is 2.21. The average molecular weight is 281 g/mol. The zero-order chi connectivity index (χ0) is 14.8.